The summed E-state index contributed by atoms with van der Waals surface area (Å²) in [4.78, 5) is 6.75. The van der Waals surface area contributed by atoms with E-state index in [0.717, 1.165) is 60.5 Å². The fourth-order valence-electron chi connectivity index (χ4n) is 7.18. The third-order valence-corrected chi connectivity index (χ3v) is 10.7. The first-order chi connectivity index (χ1) is 23.8. The summed E-state index contributed by atoms with van der Waals surface area (Å²) < 4.78 is 7.80. The van der Waals surface area contributed by atoms with Crippen molar-refractivity contribution in [1.82, 2.24) is 0 Å². The lowest BCUT2D eigenvalue weighted by Crippen LogP contribution is -2.19. The molecule has 10 rings (SSSR count). The van der Waals surface area contributed by atoms with Crippen LogP contribution in [0.3, 0.4) is 0 Å². The lowest BCUT2D eigenvalue weighted by atomic mass is 9.94. The molecule has 0 radical (unpaired) electrons. The summed E-state index contributed by atoms with van der Waals surface area (Å²) in [7, 11) is 0. The molecule has 226 valence electrons. The molecule has 1 aliphatic rings. The van der Waals surface area contributed by atoms with Crippen LogP contribution in [-0.2, 0) is 0 Å². The zero-order chi connectivity index (χ0) is 31.6. The zero-order valence-corrected chi connectivity index (χ0v) is 26.7. The van der Waals surface area contributed by atoms with Crippen LogP contribution in [0.25, 0.3) is 65.1 Å². The molecule has 48 heavy (non-hydrogen) atoms. The Kier molecular flexibility index (Phi) is 6.11. The molecule has 4 heteroatoms. The molecular formula is C44H28N2OS. The molecule has 3 nitrogen and oxygen atoms in total. The maximum atomic E-state index is 6.56. The minimum absolute atomic E-state index is 0.338. The van der Waals surface area contributed by atoms with Gasteiger partial charge in [-0.25, -0.2) is 0 Å². The number of nitrogens with zero attached hydrogens (tertiary/aromatic N) is 1. The molecule has 0 spiro atoms. The number of fused-ring (bicyclic) bond motifs is 7. The number of nitrogens with one attached hydrogen (secondary N) is 1. The summed E-state index contributed by atoms with van der Waals surface area (Å²) in [6.07, 6.45) is -0.338. The van der Waals surface area contributed by atoms with Gasteiger partial charge >= 0.3 is 0 Å². The minimum atomic E-state index is -0.338. The van der Waals surface area contributed by atoms with Gasteiger partial charge in [0.25, 0.3) is 0 Å². The number of rotatable bonds is 4. The van der Waals surface area contributed by atoms with Crippen molar-refractivity contribution < 1.29 is 4.42 Å². The van der Waals surface area contributed by atoms with Gasteiger partial charge in [-0.1, -0.05) is 121 Å². The van der Waals surface area contributed by atoms with Crippen LogP contribution in [0.5, 0.6) is 0 Å². The van der Waals surface area contributed by atoms with Crippen molar-refractivity contribution in [3.05, 3.63) is 174 Å². The van der Waals surface area contributed by atoms with Gasteiger partial charge in [0.1, 0.15) is 17.3 Å². The van der Waals surface area contributed by atoms with Crippen molar-refractivity contribution in [3.63, 3.8) is 0 Å². The van der Waals surface area contributed by atoms with Crippen molar-refractivity contribution in [1.29, 1.82) is 0 Å². The average Bonchev–Trinajstić information content (AvgIpc) is 3.73. The molecular weight excluding hydrogens is 605 g/mol. The van der Waals surface area contributed by atoms with E-state index in [1.165, 1.54) is 32.0 Å². The van der Waals surface area contributed by atoms with Crippen LogP contribution in [0.4, 0.5) is 5.69 Å². The van der Waals surface area contributed by atoms with E-state index in [1.54, 1.807) is 11.3 Å². The topological polar surface area (TPSA) is 37.5 Å². The van der Waals surface area contributed by atoms with Crippen LogP contribution < -0.4 is 5.32 Å². The molecule has 1 atom stereocenters. The Bertz CT molecular complexity index is 2720. The van der Waals surface area contributed by atoms with Crippen molar-refractivity contribution >= 4 is 65.5 Å². The Morgan fingerprint density at radius 2 is 1.25 bits per heavy atom. The smallest absolute Gasteiger partial charge is 0.146 e. The summed E-state index contributed by atoms with van der Waals surface area (Å²) in [6, 6.07) is 56.0. The minimum Gasteiger partial charge on any atom is -0.456 e. The fraction of sp³-hybridized carbons (Fsp3) is 0.0227. The Morgan fingerprint density at radius 3 is 2.17 bits per heavy atom. The number of anilines is 1. The van der Waals surface area contributed by atoms with Crippen molar-refractivity contribution in [2.45, 2.75) is 6.17 Å². The maximum absolute atomic E-state index is 6.56. The average molecular weight is 633 g/mol. The molecule has 7 aromatic carbocycles. The van der Waals surface area contributed by atoms with Crippen LogP contribution in [0.15, 0.2) is 167 Å². The van der Waals surface area contributed by atoms with Crippen molar-refractivity contribution in [2.24, 2.45) is 4.99 Å². The lowest BCUT2D eigenvalue weighted by Gasteiger charge is -2.25. The number of thiophene rings is 1. The van der Waals surface area contributed by atoms with Crippen LogP contribution in [0, 0.1) is 0 Å². The van der Waals surface area contributed by atoms with Crippen molar-refractivity contribution in [2.75, 3.05) is 5.32 Å². The monoisotopic (exact) mass is 632 g/mol. The van der Waals surface area contributed by atoms with Gasteiger partial charge in [0, 0.05) is 32.0 Å². The van der Waals surface area contributed by atoms with Gasteiger partial charge in [-0.3, -0.25) is 4.99 Å². The van der Waals surface area contributed by atoms with E-state index in [-0.39, 0.29) is 6.17 Å². The first-order valence-corrected chi connectivity index (χ1v) is 17.0. The molecule has 9 aromatic rings. The number of furan rings is 1. The van der Waals surface area contributed by atoms with Crippen LogP contribution in [0.2, 0.25) is 0 Å². The molecule has 0 saturated heterocycles. The fourth-order valence-corrected chi connectivity index (χ4v) is 8.36. The molecule has 0 aliphatic carbocycles. The van der Waals surface area contributed by atoms with E-state index in [4.69, 9.17) is 9.41 Å². The standard InChI is InChI=1S/C44H28N2OS/c1-2-11-27(12-3-1)30-15-10-16-32(24-30)41-43-42(35-18-7-9-20-39(35)48-43)46-44(45-41)36-25-33(31-22-21-28-13-4-5-14-29(28)23-31)26-38-40(36)34-17-6-8-19-37(34)47-38/h1-26,44,46H. The highest BCUT2D eigenvalue weighted by Gasteiger charge is 2.29. The molecule has 1 aliphatic heterocycles. The van der Waals surface area contributed by atoms with E-state index in [9.17, 15) is 0 Å². The number of hydrogen-bond donors (Lipinski definition) is 1. The van der Waals surface area contributed by atoms with E-state index >= 15 is 0 Å². The maximum Gasteiger partial charge on any atom is 0.146 e. The van der Waals surface area contributed by atoms with Gasteiger partial charge in [0.05, 0.1) is 16.3 Å². The second-order valence-electron chi connectivity index (χ2n) is 12.4. The van der Waals surface area contributed by atoms with Gasteiger partial charge in [-0.15, -0.1) is 11.3 Å². The highest BCUT2D eigenvalue weighted by atomic mass is 32.1. The second-order valence-corrected chi connectivity index (χ2v) is 13.4. The van der Waals surface area contributed by atoms with Crippen molar-refractivity contribution in [3.8, 4) is 22.3 Å². The van der Waals surface area contributed by atoms with Gasteiger partial charge < -0.3 is 9.73 Å². The molecule has 2 aromatic heterocycles. The van der Waals surface area contributed by atoms with E-state index < -0.39 is 0 Å². The Morgan fingerprint density at radius 1 is 0.521 bits per heavy atom. The SMILES string of the molecule is c1ccc(-c2cccc(C3=NC(c4cc(-c5ccc6ccccc6c5)cc5oc6ccccc6c45)Nc4c3sc3ccccc43)c2)cc1. The predicted octanol–water partition coefficient (Wildman–Crippen LogP) is 12.2. The number of hydrogen-bond acceptors (Lipinski definition) is 4. The third kappa shape index (κ3) is 4.38. The first-order valence-electron chi connectivity index (χ1n) is 16.2. The quantitative estimate of drug-likeness (QED) is 0.210. The summed E-state index contributed by atoms with van der Waals surface area (Å²) in [5.41, 5.74) is 10.7. The highest BCUT2D eigenvalue weighted by Crippen LogP contribution is 2.46. The third-order valence-electron chi connectivity index (χ3n) is 9.48. The molecule has 3 heterocycles. The van der Waals surface area contributed by atoms with Gasteiger partial charge in [0.15, 0.2) is 0 Å². The molecule has 0 saturated carbocycles. The molecule has 0 bridgehead atoms. The highest BCUT2D eigenvalue weighted by molar-refractivity contribution is 7.22. The van der Waals surface area contributed by atoms with Crippen LogP contribution >= 0.6 is 11.3 Å². The Labute approximate surface area is 281 Å². The number of benzene rings is 7. The lowest BCUT2D eigenvalue weighted by molar-refractivity contribution is 0.668. The first kappa shape index (κ1) is 27.2. The Balaban J connectivity index is 1.22. The summed E-state index contributed by atoms with van der Waals surface area (Å²) >= 11 is 1.80. The molecule has 0 amide bonds. The largest absolute Gasteiger partial charge is 0.456 e. The van der Waals surface area contributed by atoms with E-state index in [0.29, 0.717) is 0 Å². The second kappa shape index (κ2) is 10.8. The number of aliphatic imine (C=N–C) groups is 1. The van der Waals surface area contributed by atoms with Gasteiger partial charge in [0.2, 0.25) is 0 Å². The summed E-state index contributed by atoms with van der Waals surface area (Å²) in [5, 5.41) is 9.76. The Hall–Kier alpha value is -5.97. The van der Waals surface area contributed by atoms with E-state index in [1.807, 2.05) is 6.07 Å². The predicted molar refractivity (Wildman–Crippen MR) is 202 cm³/mol. The summed E-state index contributed by atoms with van der Waals surface area (Å²) in [6.45, 7) is 0. The number of para-hydroxylation sites is 1. The van der Waals surface area contributed by atoms with E-state index in [2.05, 4.69) is 157 Å². The molecule has 0 fully saturated rings. The van der Waals surface area contributed by atoms with Crippen LogP contribution in [-0.4, -0.2) is 5.71 Å². The zero-order valence-electron chi connectivity index (χ0n) is 25.9. The van der Waals surface area contributed by atoms with Crippen LogP contribution in [0.1, 0.15) is 22.2 Å². The molecule has 1 unspecified atom stereocenters. The van der Waals surface area contributed by atoms with Gasteiger partial charge in [-0.2, -0.15) is 0 Å². The normalized spacial score (nSPS) is 14.3. The van der Waals surface area contributed by atoms with Gasteiger partial charge in [-0.05, 0) is 69.4 Å². The molecule has 1 N–H and O–H groups in total. The summed E-state index contributed by atoms with van der Waals surface area (Å²) in [5.74, 6) is 0.